The maximum Gasteiger partial charge on any atom is 0.308 e. The summed E-state index contributed by atoms with van der Waals surface area (Å²) in [5.74, 6) is 1.04. The lowest BCUT2D eigenvalue weighted by Gasteiger charge is -2.14. The van der Waals surface area contributed by atoms with Gasteiger partial charge in [-0.2, -0.15) is 13.2 Å². The van der Waals surface area contributed by atoms with E-state index in [4.69, 9.17) is 18.2 Å². The minimum absolute atomic E-state index is 0.0728. The smallest absolute Gasteiger partial charge is 0.308 e. The largest absolute Gasteiger partial charge is 0.318 e. The zero-order valence-corrected chi connectivity index (χ0v) is 17.4. The highest BCUT2D eigenvalue weighted by Crippen LogP contribution is 2.24. The van der Waals surface area contributed by atoms with Crippen molar-refractivity contribution in [1.29, 1.82) is 4.78 Å². The van der Waals surface area contributed by atoms with Gasteiger partial charge in [0.25, 0.3) is 5.56 Å². The maximum atomic E-state index is 12.3. The molecular formula is C19H28N4O3S. The number of nitrogens with one attached hydrogen (secondary N) is 1. The van der Waals surface area contributed by atoms with Crippen molar-refractivity contribution in [2.24, 2.45) is 7.05 Å². The second-order valence-corrected chi connectivity index (χ2v) is 7.08. The van der Waals surface area contributed by atoms with E-state index in [9.17, 15) is 4.79 Å². The summed E-state index contributed by atoms with van der Waals surface area (Å²) < 4.78 is 24.5. The summed E-state index contributed by atoms with van der Waals surface area (Å²) in [5.41, 5.74) is 4.06. The highest BCUT2D eigenvalue weighted by molar-refractivity contribution is 7.60. The van der Waals surface area contributed by atoms with Gasteiger partial charge in [-0.15, -0.1) is 0 Å². The molecule has 7 nitrogen and oxygen atoms in total. The van der Waals surface area contributed by atoms with Crippen LogP contribution in [0.25, 0.3) is 11.3 Å². The SMILES string of the molecule is CCCCc1cnc(CC)nc1-c1cc(C(C)C)c(=O)n(C)c1.N=S(=O)=O. The van der Waals surface area contributed by atoms with Crippen LogP contribution in [0, 0.1) is 4.78 Å². The Morgan fingerprint density at radius 3 is 2.41 bits per heavy atom. The molecule has 0 bridgehead atoms. The summed E-state index contributed by atoms with van der Waals surface area (Å²) in [6.45, 7) is 8.35. The predicted molar refractivity (Wildman–Crippen MR) is 106 cm³/mol. The van der Waals surface area contributed by atoms with Crippen molar-refractivity contribution < 1.29 is 8.42 Å². The highest BCUT2D eigenvalue weighted by atomic mass is 32.2. The molecule has 2 aromatic rings. The summed E-state index contributed by atoms with van der Waals surface area (Å²) in [5, 5.41) is 0. The molecule has 27 heavy (non-hydrogen) atoms. The molecule has 1 N–H and O–H groups in total. The lowest BCUT2D eigenvalue weighted by Crippen LogP contribution is -2.21. The first-order valence-corrected chi connectivity index (χ1v) is 10.1. The number of rotatable bonds is 6. The van der Waals surface area contributed by atoms with Crippen LogP contribution in [0.4, 0.5) is 0 Å². The van der Waals surface area contributed by atoms with Gasteiger partial charge in [0, 0.05) is 37.0 Å². The Morgan fingerprint density at radius 1 is 1.26 bits per heavy atom. The van der Waals surface area contributed by atoms with E-state index >= 15 is 0 Å². The van der Waals surface area contributed by atoms with Crippen LogP contribution in [0.2, 0.25) is 0 Å². The summed E-state index contributed by atoms with van der Waals surface area (Å²) in [4.78, 5) is 21.5. The first-order valence-electron chi connectivity index (χ1n) is 9.07. The average molecular weight is 393 g/mol. The Hall–Kier alpha value is -2.35. The molecule has 0 amide bonds. The van der Waals surface area contributed by atoms with Crippen molar-refractivity contribution in [1.82, 2.24) is 14.5 Å². The van der Waals surface area contributed by atoms with Crippen molar-refractivity contribution in [3.8, 4) is 11.3 Å². The molecule has 2 rings (SSSR count). The van der Waals surface area contributed by atoms with Crippen LogP contribution in [0.15, 0.2) is 23.3 Å². The van der Waals surface area contributed by atoms with Gasteiger partial charge in [-0.1, -0.05) is 34.1 Å². The molecule has 0 aliphatic carbocycles. The second kappa shape index (κ2) is 10.7. The monoisotopic (exact) mass is 392 g/mol. The Morgan fingerprint density at radius 2 is 1.89 bits per heavy atom. The lowest BCUT2D eigenvalue weighted by molar-refractivity contribution is 0.620. The van der Waals surface area contributed by atoms with E-state index in [-0.39, 0.29) is 11.5 Å². The highest BCUT2D eigenvalue weighted by Gasteiger charge is 2.14. The van der Waals surface area contributed by atoms with Crippen molar-refractivity contribution >= 4 is 10.5 Å². The zero-order valence-electron chi connectivity index (χ0n) is 16.6. The number of aryl methyl sites for hydroxylation is 3. The lowest BCUT2D eigenvalue weighted by atomic mass is 9.99. The number of pyridine rings is 1. The third-order valence-corrected chi connectivity index (χ3v) is 4.14. The molecule has 148 valence electrons. The molecule has 8 heteroatoms. The van der Waals surface area contributed by atoms with Gasteiger partial charge >= 0.3 is 10.5 Å². The number of nitrogens with zero attached hydrogens (tertiary/aromatic N) is 3. The number of hydrogen-bond acceptors (Lipinski definition) is 6. The Balaban J connectivity index is 0.000000828. The van der Waals surface area contributed by atoms with E-state index in [2.05, 4.69) is 32.7 Å². The minimum Gasteiger partial charge on any atom is -0.318 e. The van der Waals surface area contributed by atoms with Gasteiger partial charge in [0.2, 0.25) is 0 Å². The molecular weight excluding hydrogens is 364 g/mol. The van der Waals surface area contributed by atoms with Gasteiger partial charge in [0.1, 0.15) is 5.82 Å². The molecule has 0 saturated heterocycles. The molecule has 0 aliphatic rings. The van der Waals surface area contributed by atoms with Crippen LogP contribution in [-0.4, -0.2) is 23.0 Å². The van der Waals surface area contributed by atoms with Crippen LogP contribution in [0.5, 0.6) is 0 Å². The fourth-order valence-corrected chi connectivity index (χ4v) is 2.69. The summed E-state index contributed by atoms with van der Waals surface area (Å²) >= 11 is 0. The maximum absolute atomic E-state index is 12.3. The average Bonchev–Trinajstić information content (AvgIpc) is 2.61. The normalized spacial score (nSPS) is 10.4. The molecule has 0 spiro atoms. The molecule has 0 atom stereocenters. The topological polar surface area (TPSA) is 106 Å². The molecule has 0 fully saturated rings. The van der Waals surface area contributed by atoms with Crippen molar-refractivity contribution in [3.63, 3.8) is 0 Å². The molecule has 0 aliphatic heterocycles. The predicted octanol–water partition coefficient (Wildman–Crippen LogP) is 3.50. The van der Waals surface area contributed by atoms with E-state index in [1.54, 1.807) is 4.57 Å². The van der Waals surface area contributed by atoms with E-state index in [1.807, 2.05) is 25.5 Å². The first-order chi connectivity index (χ1) is 12.7. The molecule has 0 saturated carbocycles. The standard InChI is InChI=1S/C19H27N3O.HNO2S/c1-6-8-9-14-11-20-17(7-2)21-18(14)15-10-16(13(3)4)19(23)22(5)12-15;1-4(2)3/h10-13H,6-9H2,1-5H3;1H. The van der Waals surface area contributed by atoms with Gasteiger partial charge in [-0.05, 0) is 30.4 Å². The van der Waals surface area contributed by atoms with Gasteiger partial charge < -0.3 is 4.57 Å². The van der Waals surface area contributed by atoms with E-state index in [0.29, 0.717) is 0 Å². The third kappa shape index (κ3) is 6.71. The van der Waals surface area contributed by atoms with E-state index < -0.39 is 10.5 Å². The number of aromatic nitrogens is 3. The van der Waals surface area contributed by atoms with Crippen molar-refractivity contribution in [2.45, 2.75) is 59.3 Å². The molecule has 0 aromatic carbocycles. The van der Waals surface area contributed by atoms with Crippen LogP contribution in [0.1, 0.15) is 63.4 Å². The molecule has 0 unspecified atom stereocenters. The fourth-order valence-electron chi connectivity index (χ4n) is 2.69. The second-order valence-electron chi connectivity index (χ2n) is 6.61. The Labute approximate surface area is 162 Å². The van der Waals surface area contributed by atoms with Gasteiger partial charge in [-0.3, -0.25) is 4.79 Å². The van der Waals surface area contributed by atoms with Crippen LogP contribution < -0.4 is 5.56 Å². The number of hydrogen-bond donors (Lipinski definition) is 1. The fraction of sp³-hybridized carbons (Fsp3) is 0.526. The first kappa shape index (κ1) is 22.7. The van der Waals surface area contributed by atoms with Crippen LogP contribution in [0.3, 0.4) is 0 Å². The molecule has 0 radical (unpaired) electrons. The van der Waals surface area contributed by atoms with Gasteiger partial charge in [0.15, 0.2) is 0 Å². The summed E-state index contributed by atoms with van der Waals surface area (Å²) in [6.07, 6.45) is 7.88. The van der Waals surface area contributed by atoms with Crippen LogP contribution >= 0.6 is 0 Å². The van der Waals surface area contributed by atoms with Gasteiger partial charge in [-0.25, -0.2) is 9.97 Å². The summed E-state index contributed by atoms with van der Waals surface area (Å²) in [6, 6.07) is 2.00. The minimum atomic E-state index is -2.61. The zero-order chi connectivity index (χ0) is 20.6. The van der Waals surface area contributed by atoms with Crippen LogP contribution in [-0.2, 0) is 30.4 Å². The van der Waals surface area contributed by atoms with Crippen molar-refractivity contribution in [3.05, 3.63) is 45.8 Å². The summed E-state index contributed by atoms with van der Waals surface area (Å²) in [7, 11) is -0.800. The third-order valence-electron chi connectivity index (χ3n) is 4.14. The molecule has 2 aromatic heterocycles. The van der Waals surface area contributed by atoms with E-state index in [0.717, 1.165) is 53.9 Å². The quantitative estimate of drug-likeness (QED) is 0.810. The number of unbranched alkanes of at least 4 members (excludes halogenated alkanes) is 1. The molecule has 2 heterocycles. The Bertz CT molecular complexity index is 928. The van der Waals surface area contributed by atoms with E-state index in [1.165, 1.54) is 0 Å². The van der Waals surface area contributed by atoms with Gasteiger partial charge in [0.05, 0.1) is 5.69 Å². The Kier molecular flexibility index (Phi) is 9.00. The van der Waals surface area contributed by atoms with Crippen molar-refractivity contribution in [2.75, 3.05) is 0 Å².